The fourth-order valence-corrected chi connectivity index (χ4v) is 4.10. The van der Waals surface area contributed by atoms with Gasteiger partial charge in [0.1, 0.15) is 0 Å². The summed E-state index contributed by atoms with van der Waals surface area (Å²) < 4.78 is 22.6. The number of amides is 1. The summed E-state index contributed by atoms with van der Waals surface area (Å²) in [6, 6.07) is 5.30. The fraction of sp³-hybridized carbons (Fsp3) is 0.435. The second-order valence-corrected chi connectivity index (χ2v) is 8.60. The molecule has 0 saturated heterocycles. The summed E-state index contributed by atoms with van der Waals surface area (Å²) in [6.07, 6.45) is 3.37. The quantitative estimate of drug-likeness (QED) is 0.369. The zero-order chi connectivity index (χ0) is 23.7. The van der Waals surface area contributed by atoms with Gasteiger partial charge in [0.2, 0.25) is 0 Å². The van der Waals surface area contributed by atoms with Crippen molar-refractivity contribution in [2.24, 2.45) is 17.4 Å². The van der Waals surface area contributed by atoms with Gasteiger partial charge in [-0.3, -0.25) is 9.48 Å². The highest BCUT2D eigenvalue weighted by Crippen LogP contribution is 2.37. The maximum Gasteiger partial charge on any atom is 0.252 e. The number of ether oxygens (including phenoxy) is 1. The molecule has 1 fully saturated rings. The number of halogens is 1. The van der Waals surface area contributed by atoms with Crippen molar-refractivity contribution < 1.29 is 13.9 Å². The van der Waals surface area contributed by atoms with Crippen molar-refractivity contribution in [3.8, 4) is 0 Å². The second kappa shape index (κ2) is 9.32. The van der Waals surface area contributed by atoms with Crippen LogP contribution in [-0.2, 0) is 11.3 Å². The van der Waals surface area contributed by atoms with E-state index in [4.69, 9.17) is 16.2 Å². The first-order valence-corrected chi connectivity index (χ1v) is 11.0. The largest absolute Gasteiger partial charge is 0.383 e. The Kier molecular flexibility index (Phi) is 6.48. The SMILES string of the molecule is COCCn1nc(C)c2cc(Nc3c(C(N)=O)cnc(N[C@H](C4CC4)[C@H](C)N)c3F)ccc21. The van der Waals surface area contributed by atoms with Crippen LogP contribution >= 0.6 is 0 Å². The van der Waals surface area contributed by atoms with E-state index >= 15 is 4.39 Å². The number of benzene rings is 1. The first-order chi connectivity index (χ1) is 15.8. The molecule has 1 aliphatic carbocycles. The minimum atomic E-state index is -0.772. The molecule has 1 aliphatic rings. The zero-order valence-electron chi connectivity index (χ0n) is 19.1. The molecule has 0 radical (unpaired) electrons. The molecular weight excluding hydrogens is 425 g/mol. The summed E-state index contributed by atoms with van der Waals surface area (Å²) in [6.45, 7) is 4.95. The average molecular weight is 456 g/mol. The van der Waals surface area contributed by atoms with Crippen LogP contribution in [0.15, 0.2) is 24.4 Å². The van der Waals surface area contributed by atoms with E-state index in [0.29, 0.717) is 24.8 Å². The van der Waals surface area contributed by atoms with E-state index in [1.54, 1.807) is 13.2 Å². The smallest absolute Gasteiger partial charge is 0.252 e. The molecular formula is C23H30FN7O2. The monoisotopic (exact) mass is 455 g/mol. The fourth-order valence-electron chi connectivity index (χ4n) is 4.10. The summed E-state index contributed by atoms with van der Waals surface area (Å²) in [5.74, 6) is -1.02. The van der Waals surface area contributed by atoms with Gasteiger partial charge in [-0.25, -0.2) is 9.37 Å². The average Bonchev–Trinajstić information content (AvgIpc) is 3.56. The van der Waals surface area contributed by atoms with E-state index in [1.807, 2.05) is 30.7 Å². The van der Waals surface area contributed by atoms with Gasteiger partial charge >= 0.3 is 0 Å². The van der Waals surface area contributed by atoms with Gasteiger partial charge < -0.3 is 26.8 Å². The van der Waals surface area contributed by atoms with Crippen molar-refractivity contribution in [3.63, 3.8) is 0 Å². The predicted molar refractivity (Wildman–Crippen MR) is 126 cm³/mol. The molecule has 0 unspecified atom stereocenters. The standard InChI is InChI=1S/C23H30FN7O2/c1-12(25)20(14-4-5-14)29-23-19(24)21(17(11-27-23)22(26)32)28-15-6-7-18-16(10-15)13(2)30-31(18)8-9-33-3/h6-7,10-12,14,20H,4-5,8-9,25H2,1-3H3,(H2,26,32)(H2,27,28,29)/t12-,20-/m0/s1. The number of nitrogens with zero attached hydrogens (tertiary/aromatic N) is 3. The zero-order valence-corrected chi connectivity index (χ0v) is 19.1. The van der Waals surface area contributed by atoms with Gasteiger partial charge in [-0.05, 0) is 50.8 Å². The third-order valence-corrected chi connectivity index (χ3v) is 6.00. The Labute approximate surface area is 191 Å². The third-order valence-electron chi connectivity index (χ3n) is 6.00. The van der Waals surface area contributed by atoms with Crippen LogP contribution in [0.3, 0.4) is 0 Å². The van der Waals surface area contributed by atoms with Crippen LogP contribution in [0.25, 0.3) is 10.9 Å². The number of carbonyl (C=O) groups is 1. The van der Waals surface area contributed by atoms with E-state index in [1.165, 1.54) is 6.20 Å². The normalized spacial score (nSPS) is 15.4. The summed E-state index contributed by atoms with van der Waals surface area (Å²) in [4.78, 5) is 16.1. The molecule has 2 aromatic heterocycles. The molecule has 10 heteroatoms. The predicted octanol–water partition coefficient (Wildman–Crippen LogP) is 2.91. The number of primary amides is 1. The van der Waals surface area contributed by atoms with Gasteiger partial charge in [0.05, 0.1) is 35.6 Å². The van der Waals surface area contributed by atoms with Crippen LogP contribution < -0.4 is 22.1 Å². The number of aromatic nitrogens is 3. The minimum absolute atomic E-state index is 0.0250. The number of hydrogen-bond donors (Lipinski definition) is 4. The van der Waals surface area contributed by atoms with Gasteiger partial charge in [0.15, 0.2) is 11.6 Å². The second-order valence-electron chi connectivity index (χ2n) is 8.60. The molecule has 6 N–H and O–H groups in total. The Balaban J connectivity index is 1.68. The number of carbonyl (C=O) groups excluding carboxylic acids is 1. The highest BCUT2D eigenvalue weighted by Gasteiger charge is 2.34. The van der Waals surface area contributed by atoms with Gasteiger partial charge in [0.25, 0.3) is 5.91 Å². The number of methoxy groups -OCH3 is 1. The Hall–Kier alpha value is -3.24. The Bertz CT molecular complexity index is 1170. The minimum Gasteiger partial charge on any atom is -0.383 e. The molecule has 2 atom stereocenters. The van der Waals surface area contributed by atoms with Crippen LogP contribution in [0.2, 0.25) is 0 Å². The topological polar surface area (TPSA) is 133 Å². The van der Waals surface area contributed by atoms with Crippen molar-refractivity contribution >= 4 is 34.0 Å². The molecule has 4 rings (SSSR count). The molecule has 0 aliphatic heterocycles. The van der Waals surface area contributed by atoms with Crippen LogP contribution in [0.4, 0.5) is 21.6 Å². The van der Waals surface area contributed by atoms with Crippen LogP contribution in [0.5, 0.6) is 0 Å². The lowest BCUT2D eigenvalue weighted by Gasteiger charge is -2.23. The first kappa shape index (κ1) is 22.9. The lowest BCUT2D eigenvalue weighted by Crippen LogP contribution is -2.40. The highest BCUT2D eigenvalue weighted by atomic mass is 19.1. The number of fused-ring (bicyclic) bond motifs is 1. The highest BCUT2D eigenvalue weighted by molar-refractivity contribution is 6.00. The van der Waals surface area contributed by atoms with E-state index < -0.39 is 11.7 Å². The van der Waals surface area contributed by atoms with Crippen molar-refractivity contribution in [2.45, 2.75) is 45.3 Å². The van der Waals surface area contributed by atoms with Crippen molar-refractivity contribution in [3.05, 3.63) is 41.5 Å². The van der Waals surface area contributed by atoms with Gasteiger partial charge in [0, 0.05) is 36.5 Å². The number of anilines is 3. The molecule has 1 aromatic carbocycles. The molecule has 1 amide bonds. The molecule has 33 heavy (non-hydrogen) atoms. The van der Waals surface area contributed by atoms with Crippen LogP contribution in [-0.4, -0.2) is 46.5 Å². The number of hydrogen-bond acceptors (Lipinski definition) is 7. The number of rotatable bonds is 10. The Morgan fingerprint density at radius 3 is 2.79 bits per heavy atom. The molecule has 1 saturated carbocycles. The van der Waals surface area contributed by atoms with Crippen molar-refractivity contribution in [1.82, 2.24) is 14.8 Å². The lowest BCUT2D eigenvalue weighted by atomic mass is 10.1. The van der Waals surface area contributed by atoms with E-state index in [9.17, 15) is 4.79 Å². The molecule has 0 bridgehead atoms. The molecule has 9 nitrogen and oxygen atoms in total. The Morgan fingerprint density at radius 2 is 2.15 bits per heavy atom. The molecule has 0 spiro atoms. The summed E-state index contributed by atoms with van der Waals surface area (Å²) >= 11 is 0. The molecule has 176 valence electrons. The summed E-state index contributed by atoms with van der Waals surface area (Å²) in [5, 5.41) is 11.6. The first-order valence-electron chi connectivity index (χ1n) is 11.0. The van der Waals surface area contributed by atoms with E-state index in [-0.39, 0.29) is 29.2 Å². The van der Waals surface area contributed by atoms with E-state index in [0.717, 1.165) is 29.4 Å². The van der Waals surface area contributed by atoms with E-state index in [2.05, 4.69) is 20.7 Å². The van der Waals surface area contributed by atoms with Crippen LogP contribution in [0, 0.1) is 18.7 Å². The summed E-state index contributed by atoms with van der Waals surface area (Å²) in [5.41, 5.74) is 13.9. The van der Waals surface area contributed by atoms with Gasteiger partial charge in [-0.2, -0.15) is 5.10 Å². The van der Waals surface area contributed by atoms with Crippen molar-refractivity contribution in [2.75, 3.05) is 24.4 Å². The maximum absolute atomic E-state index is 15.6. The number of nitrogens with one attached hydrogen (secondary N) is 2. The van der Waals surface area contributed by atoms with Crippen LogP contribution in [0.1, 0.15) is 35.8 Å². The maximum atomic E-state index is 15.6. The molecule has 2 heterocycles. The summed E-state index contributed by atoms with van der Waals surface area (Å²) in [7, 11) is 1.64. The van der Waals surface area contributed by atoms with Crippen molar-refractivity contribution in [1.29, 1.82) is 0 Å². The number of pyridine rings is 1. The lowest BCUT2D eigenvalue weighted by molar-refractivity contribution is 0.100. The third kappa shape index (κ3) is 4.76. The number of nitrogens with two attached hydrogens (primary N) is 2. The molecule has 3 aromatic rings. The Morgan fingerprint density at radius 1 is 1.39 bits per heavy atom. The van der Waals surface area contributed by atoms with Gasteiger partial charge in [-0.15, -0.1) is 0 Å². The van der Waals surface area contributed by atoms with Gasteiger partial charge in [-0.1, -0.05) is 0 Å². The number of aryl methyl sites for hydroxylation is 1.